The molecule has 0 aromatic carbocycles. The lowest BCUT2D eigenvalue weighted by molar-refractivity contribution is -0.137. The summed E-state index contributed by atoms with van der Waals surface area (Å²) in [4.78, 5) is 16.5. The molecule has 4 rings (SSSR count). The SMILES string of the molecule is O=C(O)CCC[C@@H]1[C@H]2CCCN3CCC[C@@H](CN1CC1CC1)[C@@H]23. The van der Waals surface area contributed by atoms with E-state index < -0.39 is 5.97 Å². The number of piperidine rings is 3. The molecule has 4 aliphatic rings. The zero-order chi connectivity index (χ0) is 15.8. The molecule has 1 saturated carbocycles. The lowest BCUT2D eigenvalue weighted by atomic mass is 9.69. The van der Waals surface area contributed by atoms with Crippen molar-refractivity contribution in [3.63, 3.8) is 0 Å². The van der Waals surface area contributed by atoms with Crippen molar-refractivity contribution in [2.75, 3.05) is 26.2 Å². The molecule has 1 N–H and O–H groups in total. The van der Waals surface area contributed by atoms with Gasteiger partial charge in [-0.1, -0.05) is 0 Å². The van der Waals surface area contributed by atoms with Crippen LogP contribution in [0.1, 0.15) is 57.8 Å². The molecule has 3 aliphatic heterocycles. The van der Waals surface area contributed by atoms with Gasteiger partial charge in [0.2, 0.25) is 0 Å². The van der Waals surface area contributed by atoms with Crippen LogP contribution in [0.2, 0.25) is 0 Å². The first kappa shape index (κ1) is 15.9. The van der Waals surface area contributed by atoms with E-state index in [-0.39, 0.29) is 0 Å². The van der Waals surface area contributed by atoms with Crippen LogP contribution >= 0.6 is 0 Å². The van der Waals surface area contributed by atoms with Crippen LogP contribution in [0, 0.1) is 17.8 Å². The standard InChI is InChI=1S/C19H32N2O2/c22-18(23)7-1-6-17-16-5-3-11-20-10-2-4-15(19(16)20)13-21(17)12-14-8-9-14/h14-17,19H,1-13H2,(H,22,23)/t15-,16+,17+,19-/m0/s1. The third-order valence-corrected chi connectivity index (χ3v) is 6.86. The second-order valence-corrected chi connectivity index (χ2v) is 8.49. The van der Waals surface area contributed by atoms with Crippen LogP contribution in [0.5, 0.6) is 0 Å². The van der Waals surface area contributed by atoms with Gasteiger partial charge in [0.25, 0.3) is 0 Å². The van der Waals surface area contributed by atoms with Crippen molar-refractivity contribution in [3.8, 4) is 0 Å². The second kappa shape index (κ2) is 6.72. The van der Waals surface area contributed by atoms with Gasteiger partial charge in [-0.15, -0.1) is 0 Å². The lowest BCUT2D eigenvalue weighted by Crippen LogP contribution is -2.64. The fraction of sp³-hybridized carbons (Fsp3) is 0.947. The van der Waals surface area contributed by atoms with Gasteiger partial charge in [-0.25, -0.2) is 0 Å². The van der Waals surface area contributed by atoms with Gasteiger partial charge in [-0.05, 0) is 82.2 Å². The summed E-state index contributed by atoms with van der Waals surface area (Å²) in [6.45, 7) is 5.19. The maximum Gasteiger partial charge on any atom is 0.303 e. The van der Waals surface area contributed by atoms with Gasteiger partial charge in [0.05, 0.1) is 0 Å². The van der Waals surface area contributed by atoms with E-state index >= 15 is 0 Å². The molecule has 4 nitrogen and oxygen atoms in total. The summed E-state index contributed by atoms with van der Waals surface area (Å²) < 4.78 is 0. The van der Waals surface area contributed by atoms with Crippen LogP contribution in [-0.4, -0.2) is 59.1 Å². The molecular formula is C19H32N2O2. The van der Waals surface area contributed by atoms with Crippen molar-refractivity contribution in [2.45, 2.75) is 69.9 Å². The van der Waals surface area contributed by atoms with E-state index in [4.69, 9.17) is 5.11 Å². The molecule has 0 amide bonds. The fourth-order valence-electron chi connectivity index (χ4n) is 5.78. The number of nitrogens with zero attached hydrogens (tertiary/aromatic N) is 2. The first-order chi connectivity index (χ1) is 11.2. The average Bonchev–Trinajstić information content (AvgIpc) is 3.34. The summed E-state index contributed by atoms with van der Waals surface area (Å²) in [5.41, 5.74) is 0. The molecule has 0 radical (unpaired) electrons. The molecule has 23 heavy (non-hydrogen) atoms. The fourth-order valence-corrected chi connectivity index (χ4v) is 5.78. The highest BCUT2D eigenvalue weighted by Gasteiger charge is 2.48. The smallest absolute Gasteiger partial charge is 0.303 e. The van der Waals surface area contributed by atoms with Crippen molar-refractivity contribution in [2.24, 2.45) is 17.8 Å². The summed E-state index contributed by atoms with van der Waals surface area (Å²) in [5.74, 6) is 1.99. The number of carboxylic acids is 1. The Morgan fingerprint density at radius 1 is 1.09 bits per heavy atom. The Balaban J connectivity index is 1.49. The number of rotatable bonds is 6. The predicted molar refractivity (Wildman–Crippen MR) is 90.4 cm³/mol. The highest BCUT2D eigenvalue weighted by atomic mass is 16.4. The largest absolute Gasteiger partial charge is 0.481 e. The van der Waals surface area contributed by atoms with Crippen molar-refractivity contribution >= 4 is 5.97 Å². The Morgan fingerprint density at radius 3 is 2.61 bits per heavy atom. The zero-order valence-electron chi connectivity index (χ0n) is 14.3. The number of carboxylic acid groups (broad SMARTS) is 1. The van der Waals surface area contributed by atoms with E-state index in [1.165, 1.54) is 64.7 Å². The Bertz CT molecular complexity index is 435. The molecule has 0 aromatic rings. The van der Waals surface area contributed by atoms with E-state index in [0.717, 1.165) is 36.6 Å². The van der Waals surface area contributed by atoms with Crippen LogP contribution in [0.25, 0.3) is 0 Å². The molecule has 130 valence electrons. The molecule has 4 atom stereocenters. The van der Waals surface area contributed by atoms with Crippen molar-refractivity contribution in [1.29, 1.82) is 0 Å². The van der Waals surface area contributed by atoms with E-state index in [2.05, 4.69) is 9.80 Å². The summed E-state index contributed by atoms with van der Waals surface area (Å²) in [6.07, 6.45) is 10.7. The number of hydrogen-bond donors (Lipinski definition) is 1. The highest BCUT2D eigenvalue weighted by molar-refractivity contribution is 5.66. The van der Waals surface area contributed by atoms with Gasteiger partial charge >= 0.3 is 5.97 Å². The van der Waals surface area contributed by atoms with Gasteiger partial charge in [-0.3, -0.25) is 14.6 Å². The van der Waals surface area contributed by atoms with Crippen LogP contribution < -0.4 is 0 Å². The highest BCUT2D eigenvalue weighted by Crippen LogP contribution is 2.44. The molecule has 0 spiro atoms. The van der Waals surface area contributed by atoms with Crippen molar-refractivity contribution in [1.82, 2.24) is 9.80 Å². The summed E-state index contributed by atoms with van der Waals surface area (Å²) >= 11 is 0. The van der Waals surface area contributed by atoms with Gasteiger partial charge in [0, 0.05) is 31.6 Å². The molecule has 3 saturated heterocycles. The molecule has 0 unspecified atom stereocenters. The zero-order valence-corrected chi connectivity index (χ0v) is 14.3. The molecule has 3 heterocycles. The van der Waals surface area contributed by atoms with Gasteiger partial charge < -0.3 is 5.11 Å². The lowest BCUT2D eigenvalue weighted by Gasteiger charge is -2.57. The second-order valence-electron chi connectivity index (χ2n) is 8.49. The topological polar surface area (TPSA) is 43.8 Å². The molecule has 4 heteroatoms. The minimum absolute atomic E-state index is 0.346. The Morgan fingerprint density at radius 2 is 1.87 bits per heavy atom. The first-order valence-electron chi connectivity index (χ1n) is 9.92. The van der Waals surface area contributed by atoms with Crippen molar-refractivity contribution < 1.29 is 9.90 Å². The predicted octanol–water partition coefficient (Wildman–Crippen LogP) is 2.83. The van der Waals surface area contributed by atoms with E-state index in [1.807, 2.05) is 0 Å². The quantitative estimate of drug-likeness (QED) is 0.817. The van der Waals surface area contributed by atoms with Crippen LogP contribution in [0.15, 0.2) is 0 Å². The normalized spacial score (nSPS) is 38.3. The van der Waals surface area contributed by atoms with Crippen LogP contribution in [0.4, 0.5) is 0 Å². The van der Waals surface area contributed by atoms with Gasteiger partial charge in [-0.2, -0.15) is 0 Å². The maximum absolute atomic E-state index is 10.9. The monoisotopic (exact) mass is 320 g/mol. The molecule has 0 bridgehead atoms. The van der Waals surface area contributed by atoms with Crippen LogP contribution in [-0.2, 0) is 4.79 Å². The number of likely N-dealkylation sites (tertiary alicyclic amines) is 1. The van der Waals surface area contributed by atoms with E-state index in [9.17, 15) is 4.79 Å². The Hall–Kier alpha value is -0.610. The molecule has 1 aliphatic carbocycles. The van der Waals surface area contributed by atoms with E-state index in [1.54, 1.807) is 0 Å². The Labute approximate surface area is 140 Å². The van der Waals surface area contributed by atoms with Gasteiger partial charge in [0.15, 0.2) is 0 Å². The minimum atomic E-state index is -0.629. The summed E-state index contributed by atoms with van der Waals surface area (Å²) in [6, 6.07) is 1.46. The van der Waals surface area contributed by atoms with Crippen LogP contribution in [0.3, 0.4) is 0 Å². The Kier molecular flexibility index (Phi) is 4.64. The third-order valence-electron chi connectivity index (χ3n) is 6.86. The molecular weight excluding hydrogens is 288 g/mol. The minimum Gasteiger partial charge on any atom is -0.481 e. The first-order valence-corrected chi connectivity index (χ1v) is 9.92. The molecule has 0 aromatic heterocycles. The molecule has 4 fully saturated rings. The number of aliphatic carboxylic acids is 1. The van der Waals surface area contributed by atoms with Gasteiger partial charge in [0.1, 0.15) is 0 Å². The van der Waals surface area contributed by atoms with E-state index in [0.29, 0.717) is 12.5 Å². The average molecular weight is 320 g/mol. The third kappa shape index (κ3) is 3.43. The number of hydrogen-bond acceptors (Lipinski definition) is 3. The summed E-state index contributed by atoms with van der Waals surface area (Å²) in [5, 5.41) is 9.01. The van der Waals surface area contributed by atoms with Crippen molar-refractivity contribution in [3.05, 3.63) is 0 Å². The number of carbonyl (C=O) groups is 1. The summed E-state index contributed by atoms with van der Waals surface area (Å²) in [7, 11) is 0. The maximum atomic E-state index is 10.9.